The van der Waals surface area contributed by atoms with E-state index in [4.69, 9.17) is 0 Å². The van der Waals surface area contributed by atoms with Crippen molar-refractivity contribution in [1.82, 2.24) is 15.5 Å². The maximum Gasteiger partial charge on any atom is 0.401 e. The summed E-state index contributed by atoms with van der Waals surface area (Å²) in [4.78, 5) is 5.48. The summed E-state index contributed by atoms with van der Waals surface area (Å²) in [5, 5.41) is 6.02. The summed E-state index contributed by atoms with van der Waals surface area (Å²) >= 11 is 0. The van der Waals surface area contributed by atoms with Crippen molar-refractivity contribution >= 4 is 15.8 Å². The van der Waals surface area contributed by atoms with Crippen molar-refractivity contribution in [1.29, 1.82) is 0 Å². The molecule has 0 aliphatic carbocycles. The number of sulfone groups is 1. The summed E-state index contributed by atoms with van der Waals surface area (Å²) in [6.07, 6.45) is -2.47. The summed E-state index contributed by atoms with van der Waals surface area (Å²) in [6.45, 7) is 2.32. The smallest absolute Gasteiger partial charge is 0.357 e. The van der Waals surface area contributed by atoms with Gasteiger partial charge in [-0.15, -0.1) is 0 Å². The van der Waals surface area contributed by atoms with Gasteiger partial charge in [-0.05, 0) is 13.3 Å². The Balaban J connectivity index is 2.49. The number of guanidine groups is 1. The lowest BCUT2D eigenvalue weighted by molar-refractivity contribution is -0.143. The molecule has 1 saturated heterocycles. The number of hydrogen-bond acceptors (Lipinski definition) is 4. The predicted octanol–water partition coefficient (Wildman–Crippen LogP) is 0.223. The SMILES string of the molecule is CCNC(=NCCS(C)(=O)=O)NC1CCN(CC(F)(F)F)C1. The fourth-order valence-electron chi connectivity index (χ4n) is 2.18. The first-order chi connectivity index (χ1) is 10.1. The Labute approximate surface area is 129 Å². The third kappa shape index (κ3) is 8.42. The van der Waals surface area contributed by atoms with Gasteiger partial charge in [-0.3, -0.25) is 9.89 Å². The quantitative estimate of drug-likeness (QED) is 0.533. The van der Waals surface area contributed by atoms with E-state index in [0.717, 1.165) is 6.26 Å². The minimum atomic E-state index is -4.19. The van der Waals surface area contributed by atoms with Gasteiger partial charge < -0.3 is 10.6 Å². The summed E-state index contributed by atoms with van der Waals surface area (Å²) in [6, 6.07) is -0.126. The molecule has 0 aromatic carbocycles. The zero-order valence-corrected chi connectivity index (χ0v) is 13.6. The lowest BCUT2D eigenvalue weighted by Crippen LogP contribution is -2.45. The van der Waals surface area contributed by atoms with E-state index < -0.39 is 22.6 Å². The van der Waals surface area contributed by atoms with E-state index in [0.29, 0.717) is 25.5 Å². The van der Waals surface area contributed by atoms with Crippen LogP contribution in [0.1, 0.15) is 13.3 Å². The second-order valence-corrected chi connectivity index (χ2v) is 7.63. The Morgan fingerprint density at radius 1 is 1.41 bits per heavy atom. The minimum absolute atomic E-state index is 0.0611. The largest absolute Gasteiger partial charge is 0.401 e. The molecular formula is C12H23F3N4O2S. The Morgan fingerprint density at radius 2 is 2.09 bits per heavy atom. The van der Waals surface area contributed by atoms with E-state index in [1.165, 1.54) is 4.90 Å². The summed E-state index contributed by atoms with van der Waals surface area (Å²) in [7, 11) is -3.09. The van der Waals surface area contributed by atoms with Crippen LogP contribution >= 0.6 is 0 Å². The molecule has 0 saturated carbocycles. The summed E-state index contributed by atoms with van der Waals surface area (Å²) in [5.41, 5.74) is 0. The van der Waals surface area contributed by atoms with E-state index in [9.17, 15) is 21.6 Å². The molecule has 0 amide bonds. The van der Waals surface area contributed by atoms with Gasteiger partial charge in [-0.25, -0.2) is 8.42 Å². The van der Waals surface area contributed by atoms with Crippen LogP contribution in [0, 0.1) is 0 Å². The zero-order valence-electron chi connectivity index (χ0n) is 12.8. The molecule has 1 heterocycles. The van der Waals surface area contributed by atoms with Crippen LogP contribution in [0.25, 0.3) is 0 Å². The highest BCUT2D eigenvalue weighted by Crippen LogP contribution is 2.19. The second kappa shape index (κ2) is 8.00. The molecule has 0 aromatic heterocycles. The number of rotatable bonds is 6. The molecule has 0 radical (unpaired) electrons. The van der Waals surface area contributed by atoms with E-state index in [-0.39, 0.29) is 24.9 Å². The standard InChI is InChI=1S/C12H23F3N4O2S/c1-3-16-11(17-5-7-22(2,20)21)18-10-4-6-19(8-10)9-12(13,14)15/h10H,3-9H2,1-2H3,(H2,16,17,18). The molecule has 10 heteroatoms. The first kappa shape index (κ1) is 19.0. The highest BCUT2D eigenvalue weighted by atomic mass is 32.2. The van der Waals surface area contributed by atoms with Gasteiger partial charge in [0.1, 0.15) is 9.84 Å². The lowest BCUT2D eigenvalue weighted by atomic mass is 10.3. The third-order valence-electron chi connectivity index (χ3n) is 3.09. The number of alkyl halides is 3. The third-order valence-corrected chi connectivity index (χ3v) is 4.02. The maximum atomic E-state index is 12.3. The Morgan fingerprint density at radius 3 is 2.64 bits per heavy atom. The van der Waals surface area contributed by atoms with Crippen molar-refractivity contribution in [2.24, 2.45) is 4.99 Å². The highest BCUT2D eigenvalue weighted by molar-refractivity contribution is 7.90. The van der Waals surface area contributed by atoms with Gasteiger partial charge in [0.25, 0.3) is 0 Å². The van der Waals surface area contributed by atoms with Crippen molar-refractivity contribution in [3.63, 3.8) is 0 Å². The van der Waals surface area contributed by atoms with Crippen molar-refractivity contribution in [3.8, 4) is 0 Å². The van der Waals surface area contributed by atoms with Crippen LogP contribution in [0.3, 0.4) is 0 Å². The molecule has 1 atom stereocenters. The molecule has 1 fully saturated rings. The molecule has 0 aromatic rings. The van der Waals surface area contributed by atoms with E-state index in [2.05, 4.69) is 15.6 Å². The number of nitrogens with zero attached hydrogens (tertiary/aromatic N) is 2. The van der Waals surface area contributed by atoms with Crippen molar-refractivity contribution in [3.05, 3.63) is 0 Å². The fraction of sp³-hybridized carbons (Fsp3) is 0.917. The molecule has 1 aliphatic rings. The van der Waals surface area contributed by atoms with Crippen LogP contribution in [-0.2, 0) is 9.84 Å². The second-order valence-electron chi connectivity index (χ2n) is 5.37. The topological polar surface area (TPSA) is 73.8 Å². The molecule has 6 nitrogen and oxygen atoms in total. The van der Waals surface area contributed by atoms with Gasteiger partial charge in [0.15, 0.2) is 5.96 Å². The number of aliphatic imine (C=N–C) groups is 1. The Kier molecular flexibility index (Phi) is 6.92. The predicted molar refractivity (Wildman–Crippen MR) is 79.7 cm³/mol. The number of hydrogen-bond donors (Lipinski definition) is 2. The van der Waals surface area contributed by atoms with Crippen molar-refractivity contribution in [2.75, 3.05) is 44.7 Å². The highest BCUT2D eigenvalue weighted by Gasteiger charge is 2.34. The van der Waals surface area contributed by atoms with Crippen LogP contribution in [0.4, 0.5) is 13.2 Å². The van der Waals surface area contributed by atoms with Crippen LogP contribution in [0.5, 0.6) is 0 Å². The molecule has 1 unspecified atom stereocenters. The molecular weight excluding hydrogens is 321 g/mol. The average Bonchev–Trinajstić information content (AvgIpc) is 2.72. The molecule has 0 spiro atoms. The number of halogens is 3. The minimum Gasteiger partial charge on any atom is -0.357 e. The van der Waals surface area contributed by atoms with Gasteiger partial charge in [-0.2, -0.15) is 13.2 Å². The molecule has 0 bridgehead atoms. The first-order valence-corrected chi connectivity index (χ1v) is 9.17. The zero-order chi connectivity index (χ0) is 16.8. The van der Waals surface area contributed by atoms with Crippen molar-refractivity contribution < 1.29 is 21.6 Å². The van der Waals surface area contributed by atoms with Gasteiger partial charge in [0.2, 0.25) is 0 Å². The number of likely N-dealkylation sites (tertiary alicyclic amines) is 1. The van der Waals surface area contributed by atoms with E-state index in [1.807, 2.05) is 6.92 Å². The lowest BCUT2D eigenvalue weighted by Gasteiger charge is -2.19. The Bertz CT molecular complexity index is 479. The molecule has 1 rings (SSSR count). The summed E-state index contributed by atoms with van der Waals surface area (Å²) in [5.74, 6) is 0.374. The van der Waals surface area contributed by atoms with Gasteiger partial charge >= 0.3 is 6.18 Å². The van der Waals surface area contributed by atoms with Crippen LogP contribution < -0.4 is 10.6 Å². The van der Waals surface area contributed by atoms with Crippen molar-refractivity contribution in [2.45, 2.75) is 25.6 Å². The van der Waals surface area contributed by atoms with Crippen LogP contribution in [-0.4, -0.2) is 76.2 Å². The van der Waals surface area contributed by atoms with E-state index >= 15 is 0 Å². The number of nitrogens with one attached hydrogen (secondary N) is 2. The van der Waals surface area contributed by atoms with Gasteiger partial charge in [0, 0.05) is 31.9 Å². The normalized spacial score (nSPS) is 21.1. The van der Waals surface area contributed by atoms with Gasteiger partial charge in [-0.1, -0.05) is 0 Å². The first-order valence-electron chi connectivity index (χ1n) is 7.11. The molecule has 22 heavy (non-hydrogen) atoms. The van der Waals surface area contributed by atoms with E-state index in [1.54, 1.807) is 0 Å². The average molecular weight is 344 g/mol. The Hall–Kier alpha value is -1.03. The van der Waals surface area contributed by atoms with Crippen LogP contribution in [0.2, 0.25) is 0 Å². The molecule has 1 aliphatic heterocycles. The van der Waals surface area contributed by atoms with Crippen LogP contribution in [0.15, 0.2) is 4.99 Å². The molecule has 130 valence electrons. The maximum absolute atomic E-state index is 12.3. The van der Waals surface area contributed by atoms with Gasteiger partial charge in [0.05, 0.1) is 18.8 Å². The molecule has 2 N–H and O–H groups in total. The monoisotopic (exact) mass is 344 g/mol. The summed E-state index contributed by atoms with van der Waals surface area (Å²) < 4.78 is 59.2. The fourth-order valence-corrected chi connectivity index (χ4v) is 2.61.